The molecule has 0 unspecified atom stereocenters. The summed E-state index contributed by atoms with van der Waals surface area (Å²) in [7, 11) is 1.67. The predicted octanol–water partition coefficient (Wildman–Crippen LogP) is 4.45. The summed E-state index contributed by atoms with van der Waals surface area (Å²) in [6.07, 6.45) is 5.16. The van der Waals surface area contributed by atoms with E-state index in [1.165, 1.54) is 6.42 Å². The van der Waals surface area contributed by atoms with Crippen molar-refractivity contribution in [3.05, 3.63) is 29.3 Å². The number of unbranched alkanes of at least 4 members (excludes halogenated alkanes) is 2. The second-order valence-electron chi connectivity index (χ2n) is 5.79. The maximum absolute atomic E-state index is 5.27. The fourth-order valence-corrected chi connectivity index (χ4v) is 1.57. The highest BCUT2D eigenvalue weighted by Crippen LogP contribution is 2.17. The molecule has 0 bridgehead atoms. The quantitative estimate of drug-likeness (QED) is 0.450. The molecule has 0 heterocycles. The molecule has 0 atom stereocenters. The highest BCUT2D eigenvalue weighted by atomic mass is 16.5. The van der Waals surface area contributed by atoms with E-state index in [0.717, 1.165) is 29.7 Å². The normalized spacial score (nSPS) is 11.2. The van der Waals surface area contributed by atoms with E-state index in [-0.39, 0.29) is 5.54 Å². The van der Waals surface area contributed by atoms with Gasteiger partial charge in [0.25, 0.3) is 0 Å². The Morgan fingerprint density at radius 1 is 1.30 bits per heavy atom. The minimum Gasteiger partial charge on any atom is -0.497 e. The van der Waals surface area contributed by atoms with Gasteiger partial charge in [-0.1, -0.05) is 25.2 Å². The van der Waals surface area contributed by atoms with Crippen molar-refractivity contribution >= 4 is 6.21 Å². The van der Waals surface area contributed by atoms with Crippen LogP contribution in [0.1, 0.15) is 58.1 Å². The van der Waals surface area contributed by atoms with Gasteiger partial charge in [-0.25, -0.2) is 0 Å². The Labute approximate surface area is 123 Å². The van der Waals surface area contributed by atoms with Crippen LogP contribution in [0.5, 0.6) is 5.75 Å². The zero-order valence-electron chi connectivity index (χ0n) is 13.3. The van der Waals surface area contributed by atoms with E-state index in [0.29, 0.717) is 0 Å². The van der Waals surface area contributed by atoms with Gasteiger partial charge in [-0.3, -0.25) is 4.99 Å². The van der Waals surface area contributed by atoms with Gasteiger partial charge in [0.1, 0.15) is 5.75 Å². The van der Waals surface area contributed by atoms with Crippen LogP contribution in [0, 0.1) is 11.8 Å². The third-order valence-corrected chi connectivity index (χ3v) is 2.73. The lowest BCUT2D eigenvalue weighted by Crippen LogP contribution is -2.10. The summed E-state index contributed by atoms with van der Waals surface area (Å²) in [6.45, 7) is 8.42. The summed E-state index contributed by atoms with van der Waals surface area (Å²) in [4.78, 5) is 4.56. The third kappa shape index (κ3) is 5.93. The lowest BCUT2D eigenvalue weighted by molar-refractivity contribution is 0.414. The molecule has 0 spiro atoms. The number of hydrogen-bond donors (Lipinski definition) is 0. The van der Waals surface area contributed by atoms with E-state index < -0.39 is 0 Å². The molecule has 0 saturated heterocycles. The number of methoxy groups -OCH3 is 1. The molecule has 0 fully saturated rings. The van der Waals surface area contributed by atoms with Crippen molar-refractivity contribution in [3.8, 4) is 17.6 Å². The van der Waals surface area contributed by atoms with Gasteiger partial charge < -0.3 is 4.74 Å². The van der Waals surface area contributed by atoms with Gasteiger partial charge in [-0.05, 0) is 45.4 Å². The number of aliphatic imine (C=N–C) groups is 1. The number of nitrogens with zero attached hydrogens (tertiary/aromatic N) is 1. The van der Waals surface area contributed by atoms with E-state index >= 15 is 0 Å². The van der Waals surface area contributed by atoms with Crippen LogP contribution in [0.15, 0.2) is 23.2 Å². The Bertz CT molecular complexity index is 512. The molecule has 0 amide bonds. The molecule has 0 aliphatic carbocycles. The van der Waals surface area contributed by atoms with Gasteiger partial charge in [-0.15, -0.1) is 0 Å². The molecule has 0 N–H and O–H groups in total. The monoisotopic (exact) mass is 271 g/mol. The van der Waals surface area contributed by atoms with Gasteiger partial charge in [-0.2, -0.15) is 0 Å². The molecule has 1 rings (SSSR count). The van der Waals surface area contributed by atoms with E-state index in [1.807, 2.05) is 24.4 Å². The van der Waals surface area contributed by atoms with Crippen molar-refractivity contribution in [3.63, 3.8) is 0 Å². The van der Waals surface area contributed by atoms with Gasteiger partial charge in [0, 0.05) is 23.8 Å². The van der Waals surface area contributed by atoms with Crippen LogP contribution >= 0.6 is 0 Å². The van der Waals surface area contributed by atoms with E-state index in [2.05, 4.69) is 44.5 Å². The van der Waals surface area contributed by atoms with E-state index in [9.17, 15) is 0 Å². The van der Waals surface area contributed by atoms with Gasteiger partial charge >= 0.3 is 0 Å². The molecule has 0 saturated carbocycles. The largest absolute Gasteiger partial charge is 0.497 e. The second-order valence-corrected chi connectivity index (χ2v) is 5.79. The Balaban J connectivity index is 3.03. The first kappa shape index (κ1) is 16.3. The summed E-state index contributed by atoms with van der Waals surface area (Å²) < 4.78 is 5.27. The predicted molar refractivity (Wildman–Crippen MR) is 86.7 cm³/mol. The van der Waals surface area contributed by atoms with Crippen LogP contribution in [0.3, 0.4) is 0 Å². The number of benzene rings is 1. The van der Waals surface area contributed by atoms with Crippen LogP contribution in [-0.4, -0.2) is 18.9 Å². The molecular weight excluding hydrogens is 246 g/mol. The fourth-order valence-electron chi connectivity index (χ4n) is 1.57. The molecular formula is C18H25NO. The summed E-state index contributed by atoms with van der Waals surface area (Å²) in [5.41, 5.74) is 1.94. The Morgan fingerprint density at radius 3 is 2.65 bits per heavy atom. The molecule has 1 aromatic carbocycles. The van der Waals surface area contributed by atoms with Crippen LogP contribution < -0.4 is 4.74 Å². The third-order valence-electron chi connectivity index (χ3n) is 2.73. The Kier molecular flexibility index (Phi) is 6.31. The molecule has 1 aromatic rings. The van der Waals surface area contributed by atoms with Crippen molar-refractivity contribution < 1.29 is 4.74 Å². The number of rotatable bonds is 4. The molecule has 0 aromatic heterocycles. The first-order chi connectivity index (χ1) is 9.46. The molecule has 0 aliphatic heterocycles. The van der Waals surface area contributed by atoms with Gasteiger partial charge in [0.2, 0.25) is 0 Å². The second kappa shape index (κ2) is 7.75. The van der Waals surface area contributed by atoms with Crippen molar-refractivity contribution in [2.45, 2.75) is 52.5 Å². The zero-order valence-corrected chi connectivity index (χ0v) is 13.3. The minimum absolute atomic E-state index is 0.0873. The first-order valence-electron chi connectivity index (χ1n) is 7.18. The van der Waals surface area contributed by atoms with Gasteiger partial charge in [0.15, 0.2) is 0 Å². The summed E-state index contributed by atoms with van der Waals surface area (Å²) in [5.74, 6) is 7.30. The molecule has 0 radical (unpaired) electrons. The van der Waals surface area contributed by atoms with Crippen LogP contribution in [0.4, 0.5) is 0 Å². The average Bonchev–Trinajstić information content (AvgIpc) is 2.41. The Morgan fingerprint density at radius 2 is 2.05 bits per heavy atom. The Hall–Kier alpha value is -1.75. The summed E-state index contributed by atoms with van der Waals surface area (Å²) in [6, 6.07) is 5.93. The van der Waals surface area contributed by atoms with E-state index in [1.54, 1.807) is 7.11 Å². The molecule has 0 aliphatic rings. The first-order valence-corrected chi connectivity index (χ1v) is 7.18. The molecule has 108 valence electrons. The lowest BCUT2D eigenvalue weighted by Gasteiger charge is -2.11. The topological polar surface area (TPSA) is 21.6 Å². The standard InChI is InChI=1S/C18H25NO/c1-6-7-8-9-10-15-11-12-17(20-5)13-16(15)14-19-18(2,3)4/h11-14H,6-8H2,1-5H3. The van der Waals surface area contributed by atoms with Gasteiger partial charge in [0.05, 0.1) is 12.6 Å². The fraction of sp³-hybridized carbons (Fsp3) is 0.500. The van der Waals surface area contributed by atoms with Crippen molar-refractivity contribution in [2.24, 2.45) is 4.99 Å². The summed E-state index contributed by atoms with van der Waals surface area (Å²) in [5, 5.41) is 0. The molecule has 2 nitrogen and oxygen atoms in total. The molecule has 2 heteroatoms. The lowest BCUT2D eigenvalue weighted by atomic mass is 10.1. The maximum atomic E-state index is 5.27. The maximum Gasteiger partial charge on any atom is 0.119 e. The highest BCUT2D eigenvalue weighted by molar-refractivity contribution is 5.84. The number of hydrogen-bond acceptors (Lipinski definition) is 2. The minimum atomic E-state index is -0.0873. The zero-order chi connectivity index (χ0) is 15.0. The highest BCUT2D eigenvalue weighted by Gasteiger charge is 2.06. The van der Waals surface area contributed by atoms with Crippen molar-refractivity contribution in [2.75, 3.05) is 7.11 Å². The average molecular weight is 271 g/mol. The SMILES string of the molecule is CCCCC#Cc1ccc(OC)cc1C=NC(C)(C)C. The molecule has 20 heavy (non-hydrogen) atoms. The van der Waals surface area contributed by atoms with Crippen LogP contribution in [0.25, 0.3) is 0 Å². The van der Waals surface area contributed by atoms with Crippen LogP contribution in [-0.2, 0) is 0 Å². The van der Waals surface area contributed by atoms with E-state index in [4.69, 9.17) is 4.74 Å². The van der Waals surface area contributed by atoms with Crippen molar-refractivity contribution in [1.29, 1.82) is 0 Å². The summed E-state index contributed by atoms with van der Waals surface area (Å²) >= 11 is 0. The van der Waals surface area contributed by atoms with Crippen LogP contribution in [0.2, 0.25) is 0 Å². The number of ether oxygens (including phenoxy) is 1. The smallest absolute Gasteiger partial charge is 0.119 e. The van der Waals surface area contributed by atoms with Crippen molar-refractivity contribution in [1.82, 2.24) is 0 Å².